The first-order chi connectivity index (χ1) is 11.2. The van der Waals surface area contributed by atoms with Crippen molar-refractivity contribution in [3.8, 4) is 5.75 Å². The van der Waals surface area contributed by atoms with E-state index in [-0.39, 0.29) is 5.91 Å². The van der Waals surface area contributed by atoms with Crippen molar-refractivity contribution in [2.24, 2.45) is 0 Å². The van der Waals surface area contributed by atoms with Crippen LogP contribution >= 0.6 is 0 Å². The first-order valence-corrected chi connectivity index (χ1v) is 8.37. The Morgan fingerprint density at radius 1 is 1.26 bits per heavy atom. The number of rotatable bonds is 9. The van der Waals surface area contributed by atoms with Crippen molar-refractivity contribution in [2.45, 2.75) is 31.6 Å². The fraction of sp³-hybridized carbons (Fsp3) is 0.611. The monoisotopic (exact) mass is 320 g/mol. The molecule has 1 aliphatic carbocycles. The van der Waals surface area contributed by atoms with Crippen LogP contribution in [0.2, 0.25) is 0 Å². The predicted octanol–water partition coefficient (Wildman–Crippen LogP) is 1.86. The lowest BCUT2D eigenvalue weighted by molar-refractivity contribution is -0.121. The van der Waals surface area contributed by atoms with Gasteiger partial charge in [0.2, 0.25) is 5.91 Å². The summed E-state index contributed by atoms with van der Waals surface area (Å²) in [7, 11) is 3.37. The summed E-state index contributed by atoms with van der Waals surface area (Å²) in [5.41, 5.74) is 2.64. The smallest absolute Gasteiger partial charge is 0.220 e. The fourth-order valence-corrected chi connectivity index (χ4v) is 3.12. The van der Waals surface area contributed by atoms with Gasteiger partial charge in [0.05, 0.1) is 13.7 Å². The Morgan fingerprint density at radius 3 is 2.91 bits per heavy atom. The van der Waals surface area contributed by atoms with Crippen LogP contribution in [0.25, 0.3) is 0 Å². The standard InChI is InChI=1S/C18H28N2O3/c1-22-11-10-19-8-9-20-18(21)13-15-5-3-4-14-12-16(23-2)6-7-17(14)15/h6-7,12,15,19H,3-5,8-11,13H2,1-2H3,(H,20,21). The van der Waals surface area contributed by atoms with Gasteiger partial charge in [-0.2, -0.15) is 0 Å². The van der Waals surface area contributed by atoms with E-state index < -0.39 is 0 Å². The highest BCUT2D eigenvalue weighted by atomic mass is 16.5. The van der Waals surface area contributed by atoms with Gasteiger partial charge in [0.1, 0.15) is 5.75 Å². The Bertz CT molecular complexity index is 505. The molecule has 1 amide bonds. The molecule has 1 atom stereocenters. The first-order valence-electron chi connectivity index (χ1n) is 8.37. The number of benzene rings is 1. The number of aryl methyl sites for hydroxylation is 1. The fourth-order valence-electron chi connectivity index (χ4n) is 3.12. The molecule has 0 spiro atoms. The van der Waals surface area contributed by atoms with Gasteiger partial charge in [0.15, 0.2) is 0 Å². The van der Waals surface area contributed by atoms with E-state index in [2.05, 4.69) is 22.8 Å². The maximum absolute atomic E-state index is 12.1. The number of hydrogen-bond acceptors (Lipinski definition) is 4. The summed E-state index contributed by atoms with van der Waals surface area (Å²) in [6, 6.07) is 6.23. The summed E-state index contributed by atoms with van der Waals surface area (Å²) in [4.78, 5) is 12.1. The second-order valence-corrected chi connectivity index (χ2v) is 5.95. The Hall–Kier alpha value is -1.59. The summed E-state index contributed by atoms with van der Waals surface area (Å²) in [5.74, 6) is 1.36. The number of nitrogens with one attached hydrogen (secondary N) is 2. The number of carbonyl (C=O) groups is 1. The Kier molecular flexibility index (Phi) is 7.36. The SMILES string of the molecule is COCCNCCNC(=O)CC1CCCc2cc(OC)ccc21. The van der Waals surface area contributed by atoms with E-state index >= 15 is 0 Å². The lowest BCUT2D eigenvalue weighted by Crippen LogP contribution is -2.33. The number of fused-ring (bicyclic) bond motifs is 1. The summed E-state index contributed by atoms with van der Waals surface area (Å²) in [5, 5.41) is 6.21. The molecule has 5 nitrogen and oxygen atoms in total. The first kappa shape index (κ1) is 17.8. The van der Waals surface area contributed by atoms with Gasteiger partial charge in [0.25, 0.3) is 0 Å². The average Bonchev–Trinajstić information content (AvgIpc) is 2.57. The zero-order valence-electron chi connectivity index (χ0n) is 14.2. The maximum Gasteiger partial charge on any atom is 0.220 e. The van der Waals surface area contributed by atoms with Crippen LogP contribution in [0.1, 0.15) is 36.3 Å². The molecule has 0 saturated heterocycles. The zero-order chi connectivity index (χ0) is 16.5. The molecule has 0 heterocycles. The van der Waals surface area contributed by atoms with Crippen LogP contribution in [0.5, 0.6) is 5.75 Å². The van der Waals surface area contributed by atoms with Crippen LogP contribution in [0.15, 0.2) is 18.2 Å². The second-order valence-electron chi connectivity index (χ2n) is 5.95. The molecule has 1 aromatic carbocycles. The van der Waals surface area contributed by atoms with Crippen LogP contribution in [-0.2, 0) is 16.0 Å². The number of hydrogen-bond donors (Lipinski definition) is 2. The van der Waals surface area contributed by atoms with E-state index in [1.54, 1.807) is 14.2 Å². The molecule has 128 valence electrons. The van der Waals surface area contributed by atoms with Gasteiger partial charge in [-0.25, -0.2) is 0 Å². The minimum absolute atomic E-state index is 0.132. The van der Waals surface area contributed by atoms with Crippen LogP contribution in [0, 0.1) is 0 Å². The van der Waals surface area contributed by atoms with E-state index in [1.807, 2.05) is 6.07 Å². The van der Waals surface area contributed by atoms with Gasteiger partial charge in [-0.15, -0.1) is 0 Å². The number of carbonyl (C=O) groups excluding carboxylic acids is 1. The average molecular weight is 320 g/mol. The number of ether oxygens (including phenoxy) is 2. The van der Waals surface area contributed by atoms with Crippen molar-refractivity contribution in [3.63, 3.8) is 0 Å². The highest BCUT2D eigenvalue weighted by molar-refractivity contribution is 5.77. The summed E-state index contributed by atoms with van der Waals surface area (Å²) in [6.45, 7) is 2.93. The molecule has 5 heteroatoms. The highest BCUT2D eigenvalue weighted by Crippen LogP contribution is 2.35. The molecular formula is C18H28N2O3. The van der Waals surface area contributed by atoms with Crippen molar-refractivity contribution in [2.75, 3.05) is 40.5 Å². The van der Waals surface area contributed by atoms with Crippen molar-refractivity contribution in [1.82, 2.24) is 10.6 Å². The van der Waals surface area contributed by atoms with Gasteiger partial charge in [-0.05, 0) is 48.4 Å². The third-order valence-electron chi connectivity index (χ3n) is 4.33. The summed E-state index contributed by atoms with van der Waals surface area (Å²) in [6.07, 6.45) is 3.86. The third-order valence-corrected chi connectivity index (χ3v) is 4.33. The Balaban J connectivity index is 1.79. The minimum atomic E-state index is 0.132. The van der Waals surface area contributed by atoms with Gasteiger partial charge >= 0.3 is 0 Å². The molecule has 1 aromatic rings. The topological polar surface area (TPSA) is 59.6 Å². The molecular weight excluding hydrogens is 292 g/mol. The van der Waals surface area contributed by atoms with Crippen LogP contribution in [0.3, 0.4) is 0 Å². The quantitative estimate of drug-likeness (QED) is 0.682. The van der Waals surface area contributed by atoms with Gasteiger partial charge in [-0.1, -0.05) is 6.07 Å². The molecule has 23 heavy (non-hydrogen) atoms. The Morgan fingerprint density at radius 2 is 2.13 bits per heavy atom. The molecule has 0 saturated carbocycles. The molecule has 0 aliphatic heterocycles. The maximum atomic E-state index is 12.1. The van der Waals surface area contributed by atoms with E-state index in [0.29, 0.717) is 25.5 Å². The van der Waals surface area contributed by atoms with Crippen LogP contribution in [0.4, 0.5) is 0 Å². The Labute approximate surface area is 138 Å². The summed E-state index contributed by atoms with van der Waals surface area (Å²) >= 11 is 0. The lowest BCUT2D eigenvalue weighted by Gasteiger charge is -2.25. The molecule has 0 bridgehead atoms. The van der Waals surface area contributed by atoms with E-state index in [1.165, 1.54) is 11.1 Å². The normalized spacial score (nSPS) is 16.7. The van der Waals surface area contributed by atoms with Gasteiger partial charge < -0.3 is 20.1 Å². The van der Waals surface area contributed by atoms with E-state index in [4.69, 9.17) is 9.47 Å². The van der Waals surface area contributed by atoms with Crippen molar-refractivity contribution >= 4 is 5.91 Å². The van der Waals surface area contributed by atoms with E-state index in [9.17, 15) is 4.79 Å². The number of methoxy groups -OCH3 is 2. The molecule has 2 rings (SSSR count). The van der Waals surface area contributed by atoms with Crippen LogP contribution < -0.4 is 15.4 Å². The molecule has 0 fully saturated rings. The molecule has 2 N–H and O–H groups in total. The van der Waals surface area contributed by atoms with E-state index in [0.717, 1.165) is 38.1 Å². The lowest BCUT2D eigenvalue weighted by atomic mass is 9.81. The third kappa shape index (κ3) is 5.52. The minimum Gasteiger partial charge on any atom is -0.497 e. The molecule has 0 radical (unpaired) electrons. The highest BCUT2D eigenvalue weighted by Gasteiger charge is 2.22. The largest absolute Gasteiger partial charge is 0.497 e. The number of amides is 1. The zero-order valence-corrected chi connectivity index (χ0v) is 14.2. The van der Waals surface area contributed by atoms with Crippen molar-refractivity contribution in [1.29, 1.82) is 0 Å². The predicted molar refractivity (Wildman–Crippen MR) is 91.0 cm³/mol. The summed E-state index contributed by atoms with van der Waals surface area (Å²) < 4.78 is 10.3. The van der Waals surface area contributed by atoms with Crippen LogP contribution in [-0.4, -0.2) is 46.4 Å². The van der Waals surface area contributed by atoms with Crippen molar-refractivity contribution < 1.29 is 14.3 Å². The molecule has 0 aromatic heterocycles. The molecule has 1 unspecified atom stereocenters. The second kappa shape index (κ2) is 9.53. The van der Waals surface area contributed by atoms with Crippen molar-refractivity contribution in [3.05, 3.63) is 29.3 Å². The van der Waals surface area contributed by atoms with Gasteiger partial charge in [-0.3, -0.25) is 4.79 Å². The van der Waals surface area contributed by atoms with Gasteiger partial charge in [0, 0.05) is 33.2 Å². The molecule has 1 aliphatic rings.